The van der Waals surface area contributed by atoms with Crippen molar-refractivity contribution in [1.82, 2.24) is 19.8 Å². The first kappa shape index (κ1) is 13.3. The van der Waals surface area contributed by atoms with E-state index in [1.54, 1.807) is 17.3 Å². The zero-order valence-electron chi connectivity index (χ0n) is 12.1. The lowest BCUT2D eigenvalue weighted by Gasteiger charge is -2.22. The number of aromatic nitrogens is 2. The molecule has 0 aliphatic carbocycles. The lowest BCUT2D eigenvalue weighted by Crippen LogP contribution is -2.37. The standard InChI is InChI=1S/C14H21N5O/c1-17(2)13(20)10-18-6-11-8-19(9-12(11)7-18)14-15-4-3-5-16-14/h3-5,11-12H,6-10H2,1-2H3/t11-,12+. The van der Waals surface area contributed by atoms with Crippen molar-refractivity contribution in [2.45, 2.75) is 0 Å². The van der Waals surface area contributed by atoms with E-state index in [2.05, 4.69) is 19.8 Å². The van der Waals surface area contributed by atoms with Crippen LogP contribution >= 0.6 is 0 Å². The summed E-state index contributed by atoms with van der Waals surface area (Å²) in [4.78, 5) is 26.6. The lowest BCUT2D eigenvalue weighted by atomic mass is 10.0. The van der Waals surface area contributed by atoms with E-state index >= 15 is 0 Å². The van der Waals surface area contributed by atoms with Crippen molar-refractivity contribution in [3.63, 3.8) is 0 Å². The summed E-state index contributed by atoms with van der Waals surface area (Å²) < 4.78 is 0. The maximum Gasteiger partial charge on any atom is 0.236 e. The van der Waals surface area contributed by atoms with Gasteiger partial charge in [0.1, 0.15) is 0 Å². The third kappa shape index (κ3) is 2.60. The summed E-state index contributed by atoms with van der Waals surface area (Å²) in [7, 11) is 3.63. The van der Waals surface area contributed by atoms with Gasteiger partial charge in [-0.1, -0.05) is 0 Å². The largest absolute Gasteiger partial charge is 0.348 e. The summed E-state index contributed by atoms with van der Waals surface area (Å²) in [5.74, 6) is 2.29. The third-order valence-corrected chi connectivity index (χ3v) is 4.25. The molecule has 0 saturated carbocycles. The normalized spacial score (nSPS) is 25.8. The number of hydrogen-bond donors (Lipinski definition) is 0. The Morgan fingerprint density at radius 2 is 1.80 bits per heavy atom. The second-order valence-electron chi connectivity index (χ2n) is 5.96. The first-order chi connectivity index (χ1) is 9.63. The highest BCUT2D eigenvalue weighted by atomic mass is 16.2. The SMILES string of the molecule is CN(C)C(=O)CN1C[C@@H]2CN(c3ncccn3)C[C@@H]2C1. The van der Waals surface area contributed by atoms with Gasteiger partial charge >= 0.3 is 0 Å². The van der Waals surface area contributed by atoms with Gasteiger partial charge < -0.3 is 9.80 Å². The predicted octanol–water partition coefficient (Wildman–Crippen LogP) is -0.0672. The molecule has 2 fully saturated rings. The average Bonchev–Trinajstić information content (AvgIpc) is 2.97. The molecule has 0 unspecified atom stereocenters. The van der Waals surface area contributed by atoms with E-state index in [1.165, 1.54) is 0 Å². The minimum atomic E-state index is 0.188. The van der Waals surface area contributed by atoms with Crippen molar-refractivity contribution in [3.05, 3.63) is 18.5 Å². The number of carbonyl (C=O) groups excluding carboxylic acids is 1. The lowest BCUT2D eigenvalue weighted by molar-refractivity contribution is -0.129. The maximum atomic E-state index is 11.8. The number of carbonyl (C=O) groups is 1. The number of likely N-dealkylation sites (tertiary alicyclic amines) is 1. The third-order valence-electron chi connectivity index (χ3n) is 4.25. The summed E-state index contributed by atoms with van der Waals surface area (Å²) in [5.41, 5.74) is 0. The van der Waals surface area contributed by atoms with Crippen LogP contribution in [-0.4, -0.2) is 72.5 Å². The van der Waals surface area contributed by atoms with Gasteiger partial charge in [0.05, 0.1) is 6.54 Å². The van der Waals surface area contributed by atoms with Crippen molar-refractivity contribution in [2.75, 3.05) is 51.7 Å². The summed E-state index contributed by atoms with van der Waals surface area (Å²) >= 11 is 0. The van der Waals surface area contributed by atoms with Crippen molar-refractivity contribution in [3.8, 4) is 0 Å². The number of hydrogen-bond acceptors (Lipinski definition) is 5. The predicted molar refractivity (Wildman–Crippen MR) is 76.4 cm³/mol. The van der Waals surface area contributed by atoms with E-state index < -0.39 is 0 Å². The molecule has 2 aliphatic rings. The van der Waals surface area contributed by atoms with E-state index in [1.807, 2.05) is 20.2 Å². The zero-order valence-corrected chi connectivity index (χ0v) is 12.1. The van der Waals surface area contributed by atoms with Crippen LogP contribution in [0.3, 0.4) is 0 Å². The van der Waals surface area contributed by atoms with Gasteiger partial charge in [0.25, 0.3) is 0 Å². The summed E-state index contributed by atoms with van der Waals surface area (Å²) in [6.45, 7) is 4.56. The molecule has 3 rings (SSSR count). The van der Waals surface area contributed by atoms with Crippen LogP contribution < -0.4 is 4.90 Å². The minimum absolute atomic E-state index is 0.188. The van der Waals surface area contributed by atoms with Gasteiger partial charge in [-0.25, -0.2) is 9.97 Å². The number of anilines is 1. The highest BCUT2D eigenvalue weighted by molar-refractivity contribution is 5.77. The number of rotatable bonds is 3. The van der Waals surface area contributed by atoms with Crippen LogP contribution in [0, 0.1) is 11.8 Å². The quantitative estimate of drug-likeness (QED) is 0.773. The Bertz CT molecular complexity index is 464. The van der Waals surface area contributed by atoms with Crippen LogP contribution in [0.25, 0.3) is 0 Å². The van der Waals surface area contributed by atoms with Crippen LogP contribution in [0.1, 0.15) is 0 Å². The Hall–Kier alpha value is -1.69. The molecule has 0 aromatic carbocycles. The molecule has 0 bridgehead atoms. The van der Waals surface area contributed by atoms with Gasteiger partial charge in [0.2, 0.25) is 11.9 Å². The highest BCUT2D eigenvalue weighted by Crippen LogP contribution is 2.32. The van der Waals surface area contributed by atoms with Gasteiger partial charge in [-0.15, -0.1) is 0 Å². The number of nitrogens with zero attached hydrogens (tertiary/aromatic N) is 5. The molecular formula is C14H21N5O. The van der Waals surface area contributed by atoms with Crippen molar-refractivity contribution in [1.29, 1.82) is 0 Å². The summed E-state index contributed by atoms with van der Waals surface area (Å²) in [6.07, 6.45) is 3.58. The molecule has 6 heteroatoms. The van der Waals surface area contributed by atoms with Crippen LogP contribution in [0.5, 0.6) is 0 Å². The van der Waals surface area contributed by atoms with Gasteiger partial charge in [-0.05, 0) is 17.9 Å². The van der Waals surface area contributed by atoms with Crippen LogP contribution in [-0.2, 0) is 4.79 Å². The molecule has 108 valence electrons. The van der Waals surface area contributed by atoms with Crippen LogP contribution in [0.15, 0.2) is 18.5 Å². The average molecular weight is 275 g/mol. The Balaban J connectivity index is 1.56. The van der Waals surface area contributed by atoms with E-state index in [-0.39, 0.29) is 5.91 Å². The molecular weight excluding hydrogens is 254 g/mol. The molecule has 2 atom stereocenters. The fraction of sp³-hybridized carbons (Fsp3) is 0.643. The number of fused-ring (bicyclic) bond motifs is 1. The fourth-order valence-corrected chi connectivity index (χ4v) is 3.17. The molecule has 2 saturated heterocycles. The molecule has 3 heterocycles. The zero-order chi connectivity index (χ0) is 14.1. The first-order valence-corrected chi connectivity index (χ1v) is 7.08. The Morgan fingerprint density at radius 3 is 2.35 bits per heavy atom. The smallest absolute Gasteiger partial charge is 0.236 e. The summed E-state index contributed by atoms with van der Waals surface area (Å²) in [6, 6.07) is 1.84. The molecule has 0 spiro atoms. The van der Waals surface area contributed by atoms with Crippen LogP contribution in [0.4, 0.5) is 5.95 Å². The van der Waals surface area contributed by atoms with Gasteiger partial charge in [-0.3, -0.25) is 9.69 Å². The topological polar surface area (TPSA) is 52.6 Å². The Labute approximate surface area is 119 Å². The first-order valence-electron chi connectivity index (χ1n) is 7.08. The molecule has 6 nitrogen and oxygen atoms in total. The molecule has 0 radical (unpaired) electrons. The van der Waals surface area contributed by atoms with E-state index in [0.29, 0.717) is 18.4 Å². The maximum absolute atomic E-state index is 11.8. The number of amides is 1. The highest BCUT2D eigenvalue weighted by Gasteiger charge is 2.41. The Morgan fingerprint density at radius 1 is 1.20 bits per heavy atom. The van der Waals surface area contributed by atoms with E-state index in [0.717, 1.165) is 32.1 Å². The Kier molecular flexibility index (Phi) is 3.56. The second kappa shape index (κ2) is 5.36. The molecule has 1 aromatic rings. The second-order valence-corrected chi connectivity index (χ2v) is 5.96. The molecule has 1 amide bonds. The van der Waals surface area contributed by atoms with Gasteiger partial charge in [0, 0.05) is 52.7 Å². The fourth-order valence-electron chi connectivity index (χ4n) is 3.17. The molecule has 20 heavy (non-hydrogen) atoms. The van der Waals surface area contributed by atoms with E-state index in [4.69, 9.17) is 0 Å². The van der Waals surface area contributed by atoms with Crippen molar-refractivity contribution < 1.29 is 4.79 Å². The van der Waals surface area contributed by atoms with E-state index in [9.17, 15) is 4.79 Å². The molecule has 0 N–H and O–H groups in total. The van der Waals surface area contributed by atoms with Crippen molar-refractivity contribution in [2.24, 2.45) is 11.8 Å². The van der Waals surface area contributed by atoms with Crippen LogP contribution in [0.2, 0.25) is 0 Å². The van der Waals surface area contributed by atoms with Gasteiger partial charge in [0.15, 0.2) is 0 Å². The summed E-state index contributed by atoms with van der Waals surface area (Å²) in [5, 5.41) is 0. The number of likely N-dealkylation sites (N-methyl/N-ethyl adjacent to an activating group) is 1. The molecule has 1 aromatic heterocycles. The van der Waals surface area contributed by atoms with Crippen molar-refractivity contribution >= 4 is 11.9 Å². The minimum Gasteiger partial charge on any atom is -0.348 e. The molecule has 2 aliphatic heterocycles. The monoisotopic (exact) mass is 275 g/mol. The van der Waals surface area contributed by atoms with Gasteiger partial charge in [-0.2, -0.15) is 0 Å².